The Hall–Kier alpha value is -3.59. The molecule has 2 fully saturated rings. The van der Waals surface area contributed by atoms with Crippen LogP contribution in [0.1, 0.15) is 32.3 Å². The Morgan fingerprint density at radius 3 is 2.69 bits per heavy atom. The molecule has 11 heteroatoms. The lowest BCUT2D eigenvalue weighted by Gasteiger charge is -2.37. The Morgan fingerprint density at radius 2 is 1.92 bits per heavy atom. The molecule has 0 atom stereocenters. The zero-order valence-corrected chi connectivity index (χ0v) is 23.3. The fourth-order valence-corrected chi connectivity index (χ4v) is 6.37. The molecule has 2 aliphatic heterocycles. The van der Waals surface area contributed by atoms with Gasteiger partial charge in [-0.3, -0.25) is 9.88 Å². The number of piperazine rings is 1. The van der Waals surface area contributed by atoms with Gasteiger partial charge in [-0.15, -0.1) is 10.2 Å². The Labute approximate surface area is 232 Å². The Kier molecular flexibility index (Phi) is 7.41. The number of anilines is 2. The molecule has 0 saturated carbocycles. The molecule has 0 spiro atoms. The van der Waals surface area contributed by atoms with Gasteiger partial charge >= 0.3 is 0 Å². The number of nitriles is 1. The van der Waals surface area contributed by atoms with Crippen molar-refractivity contribution >= 4 is 27.7 Å². The van der Waals surface area contributed by atoms with Gasteiger partial charge in [-0.05, 0) is 70.0 Å². The molecule has 2 aliphatic rings. The summed E-state index contributed by atoms with van der Waals surface area (Å²) in [4.78, 5) is 9.77. The van der Waals surface area contributed by atoms with Gasteiger partial charge < -0.3 is 15.5 Å². The Balaban J connectivity index is 1.20. The second kappa shape index (κ2) is 11.3. The van der Waals surface area contributed by atoms with Crippen LogP contribution in [-0.2, 0) is 0 Å². The maximum absolute atomic E-state index is 9.20. The number of fused-ring (bicyclic) bond motifs is 1. The van der Waals surface area contributed by atoms with Crippen molar-refractivity contribution in [3.8, 4) is 28.0 Å². The summed E-state index contributed by atoms with van der Waals surface area (Å²) in [5.74, 6) is 0.823. The minimum absolute atomic E-state index is 0.236. The number of pyridine rings is 1. The molecule has 6 rings (SSSR count). The number of hydrogen-bond acceptors (Lipinski definition) is 10. The second-order valence-electron chi connectivity index (χ2n) is 10.7. The predicted octanol–water partition coefficient (Wildman–Crippen LogP) is 3.73. The molecule has 0 unspecified atom stereocenters. The van der Waals surface area contributed by atoms with E-state index in [0.29, 0.717) is 5.56 Å². The molecule has 202 valence electrons. The van der Waals surface area contributed by atoms with Gasteiger partial charge in [-0.1, -0.05) is 11.3 Å². The van der Waals surface area contributed by atoms with E-state index >= 15 is 0 Å². The van der Waals surface area contributed by atoms with Crippen molar-refractivity contribution in [2.45, 2.75) is 32.7 Å². The highest BCUT2D eigenvalue weighted by molar-refractivity contribution is 7.18. The number of nitrogens with zero attached hydrogens (tertiary/aromatic N) is 8. The van der Waals surface area contributed by atoms with Crippen LogP contribution >= 0.6 is 11.3 Å². The molecule has 2 N–H and O–H groups in total. The van der Waals surface area contributed by atoms with Crippen LogP contribution in [-0.4, -0.2) is 81.6 Å². The van der Waals surface area contributed by atoms with Gasteiger partial charge in [-0.2, -0.15) is 10.4 Å². The Morgan fingerprint density at radius 1 is 1.10 bits per heavy atom. The maximum atomic E-state index is 9.20. The van der Waals surface area contributed by atoms with E-state index in [4.69, 9.17) is 4.98 Å². The van der Waals surface area contributed by atoms with E-state index in [0.717, 1.165) is 83.5 Å². The third kappa shape index (κ3) is 5.59. The molecule has 0 aliphatic carbocycles. The summed E-state index contributed by atoms with van der Waals surface area (Å²) in [5.41, 5.74) is 4.97. The summed E-state index contributed by atoms with van der Waals surface area (Å²) >= 11 is 1.63. The van der Waals surface area contributed by atoms with E-state index in [1.54, 1.807) is 17.5 Å². The molecule has 6 heterocycles. The average molecular weight is 543 g/mol. The molecule has 0 amide bonds. The van der Waals surface area contributed by atoms with Crippen LogP contribution in [0.15, 0.2) is 36.7 Å². The smallest absolute Gasteiger partial charge is 0.208 e. The lowest BCUT2D eigenvalue weighted by atomic mass is 9.97. The predicted molar refractivity (Wildman–Crippen MR) is 155 cm³/mol. The molecule has 4 aromatic rings. The van der Waals surface area contributed by atoms with Crippen molar-refractivity contribution in [1.29, 1.82) is 5.26 Å². The molecule has 4 aromatic heterocycles. The summed E-state index contributed by atoms with van der Waals surface area (Å²) in [6.45, 7) is 11.9. The van der Waals surface area contributed by atoms with Crippen molar-refractivity contribution in [1.82, 2.24) is 35.0 Å². The standard InChI is InChI=1S/C28H34N10S/c1-19(2)33-24-14-25(26-4-3-22-13-21(15-29)16-32-38(22)26)31-17-23(24)27-34-35-28(39-27)37-11-9-36(10-12-37)18-20-5-7-30-8-6-20/h3-4,13-14,16-17,19-20,30H,5-12,18H2,1-2H3,(H,31,33). The zero-order chi connectivity index (χ0) is 26.8. The molecule has 39 heavy (non-hydrogen) atoms. The zero-order valence-electron chi connectivity index (χ0n) is 22.5. The van der Waals surface area contributed by atoms with Crippen LogP contribution in [0.25, 0.3) is 27.5 Å². The average Bonchev–Trinajstić information content (AvgIpc) is 3.61. The fourth-order valence-electron chi connectivity index (χ4n) is 5.45. The third-order valence-corrected chi connectivity index (χ3v) is 8.52. The first kappa shape index (κ1) is 25.7. The molecule has 0 aromatic carbocycles. The van der Waals surface area contributed by atoms with Crippen molar-refractivity contribution < 1.29 is 0 Å². The quantitative estimate of drug-likeness (QED) is 0.361. The number of hydrogen-bond donors (Lipinski definition) is 2. The number of nitrogens with one attached hydrogen (secondary N) is 2. The van der Waals surface area contributed by atoms with Crippen LogP contribution in [0.3, 0.4) is 0 Å². The van der Waals surface area contributed by atoms with Gasteiger partial charge in [0.25, 0.3) is 0 Å². The number of aromatic nitrogens is 5. The minimum atomic E-state index is 0.236. The normalized spacial score (nSPS) is 17.1. The second-order valence-corrected chi connectivity index (χ2v) is 11.7. The molecule has 2 saturated heterocycles. The molecule has 10 nitrogen and oxygen atoms in total. The maximum Gasteiger partial charge on any atom is 0.208 e. The van der Waals surface area contributed by atoms with E-state index in [2.05, 4.69) is 61.7 Å². The lowest BCUT2D eigenvalue weighted by molar-refractivity contribution is 0.196. The number of piperidine rings is 1. The van der Waals surface area contributed by atoms with E-state index in [1.165, 1.54) is 19.4 Å². The first-order chi connectivity index (χ1) is 19.1. The molecule has 0 radical (unpaired) electrons. The summed E-state index contributed by atoms with van der Waals surface area (Å²) in [6, 6.07) is 10.2. The highest BCUT2D eigenvalue weighted by atomic mass is 32.1. The SMILES string of the molecule is CC(C)Nc1cc(-c2ccc3cc(C#N)cnn23)ncc1-c1nnc(N2CCN(CC3CCNCC3)CC2)s1. The van der Waals surface area contributed by atoms with Crippen molar-refractivity contribution in [2.24, 2.45) is 5.92 Å². The monoisotopic (exact) mass is 542 g/mol. The summed E-state index contributed by atoms with van der Waals surface area (Å²) in [5, 5.41) is 31.7. The van der Waals surface area contributed by atoms with Gasteiger partial charge in [0.1, 0.15) is 6.07 Å². The van der Waals surface area contributed by atoms with E-state index < -0.39 is 0 Å². The highest BCUT2D eigenvalue weighted by Gasteiger charge is 2.24. The Bertz CT molecular complexity index is 1470. The van der Waals surface area contributed by atoms with Crippen molar-refractivity contribution in [2.75, 3.05) is 56.0 Å². The van der Waals surface area contributed by atoms with E-state index in [1.807, 2.05) is 28.9 Å². The third-order valence-electron chi connectivity index (χ3n) is 7.50. The van der Waals surface area contributed by atoms with Crippen molar-refractivity contribution in [3.05, 3.63) is 42.2 Å². The topological polar surface area (TPSA) is 110 Å². The van der Waals surface area contributed by atoms with Crippen LogP contribution in [0, 0.1) is 17.2 Å². The van der Waals surface area contributed by atoms with Gasteiger partial charge in [0.15, 0.2) is 5.01 Å². The van der Waals surface area contributed by atoms with E-state index in [9.17, 15) is 5.26 Å². The van der Waals surface area contributed by atoms with Gasteiger partial charge in [0.2, 0.25) is 5.13 Å². The summed E-state index contributed by atoms with van der Waals surface area (Å²) in [6.07, 6.45) is 6.04. The number of rotatable bonds is 7. The first-order valence-corrected chi connectivity index (χ1v) is 14.6. The first-order valence-electron chi connectivity index (χ1n) is 13.7. The van der Waals surface area contributed by atoms with Crippen LogP contribution < -0.4 is 15.5 Å². The lowest BCUT2D eigenvalue weighted by Crippen LogP contribution is -2.48. The largest absolute Gasteiger partial charge is 0.382 e. The van der Waals surface area contributed by atoms with Gasteiger partial charge in [0, 0.05) is 50.6 Å². The van der Waals surface area contributed by atoms with Crippen LogP contribution in [0.5, 0.6) is 0 Å². The molecule has 0 bridgehead atoms. The van der Waals surface area contributed by atoms with Crippen LogP contribution in [0.4, 0.5) is 10.8 Å². The van der Waals surface area contributed by atoms with Crippen LogP contribution in [0.2, 0.25) is 0 Å². The molecular weight excluding hydrogens is 508 g/mol. The van der Waals surface area contributed by atoms with Gasteiger partial charge in [-0.25, -0.2) is 4.52 Å². The van der Waals surface area contributed by atoms with Gasteiger partial charge in [0.05, 0.1) is 34.2 Å². The van der Waals surface area contributed by atoms with Crippen molar-refractivity contribution in [3.63, 3.8) is 0 Å². The molecular formula is C28H34N10S. The van der Waals surface area contributed by atoms with E-state index in [-0.39, 0.29) is 6.04 Å². The summed E-state index contributed by atoms with van der Waals surface area (Å²) < 4.78 is 1.82. The highest BCUT2D eigenvalue weighted by Crippen LogP contribution is 2.36. The fraction of sp³-hybridized carbons (Fsp3) is 0.464. The minimum Gasteiger partial charge on any atom is -0.382 e. The summed E-state index contributed by atoms with van der Waals surface area (Å²) in [7, 11) is 0.